The molecule has 0 bridgehead atoms. The predicted molar refractivity (Wildman–Crippen MR) is 35.7 cm³/mol. The topological polar surface area (TPSA) is 65.5 Å². The molecule has 1 unspecified atom stereocenters. The lowest BCUT2D eigenvalue weighted by Gasteiger charge is -1.99. The predicted octanol–water partition coefficient (Wildman–Crippen LogP) is -0.392. The lowest BCUT2D eigenvalue weighted by Crippen LogP contribution is -2.31. The van der Waals surface area contributed by atoms with Crippen LogP contribution >= 0.6 is 0 Å². The molecule has 1 fully saturated rings. The second kappa shape index (κ2) is 3.25. The van der Waals surface area contributed by atoms with Crippen molar-refractivity contribution in [2.45, 2.75) is 18.9 Å². The van der Waals surface area contributed by atoms with Gasteiger partial charge in [0.2, 0.25) is 0 Å². The van der Waals surface area contributed by atoms with Crippen molar-refractivity contribution < 1.29 is 9.58 Å². The van der Waals surface area contributed by atoms with E-state index >= 15 is 0 Å². The Bertz CT molecular complexity index is 177. The zero-order valence-electron chi connectivity index (χ0n) is 5.58. The highest BCUT2D eigenvalue weighted by Crippen LogP contribution is 2.03. The molecule has 0 saturated carbocycles. The summed E-state index contributed by atoms with van der Waals surface area (Å²) >= 11 is 0. The first kappa shape index (κ1) is 7.12. The van der Waals surface area contributed by atoms with Gasteiger partial charge in [-0.2, -0.15) is 4.79 Å². The number of nitrogens with one attached hydrogen (secondary N) is 1. The van der Waals surface area contributed by atoms with Crippen LogP contribution in [0.4, 0.5) is 0 Å². The van der Waals surface area contributed by atoms with Crippen LogP contribution in [0.5, 0.6) is 0 Å². The molecule has 1 heterocycles. The van der Waals surface area contributed by atoms with Crippen LogP contribution in [0.15, 0.2) is 0 Å². The molecule has 0 aromatic carbocycles. The van der Waals surface area contributed by atoms with Gasteiger partial charge in [0.05, 0.1) is 6.04 Å². The molecular weight excluding hydrogens is 130 g/mol. The molecule has 0 radical (unpaired) electrons. The van der Waals surface area contributed by atoms with Gasteiger partial charge in [-0.1, -0.05) is 0 Å². The Kier molecular flexibility index (Phi) is 2.31. The number of Topliss-reactive ketones (excluding diaryl/α,β-unsaturated/α-hetero) is 1. The van der Waals surface area contributed by atoms with Gasteiger partial charge in [0, 0.05) is 0 Å². The van der Waals surface area contributed by atoms with E-state index in [2.05, 4.69) is 10.1 Å². The van der Waals surface area contributed by atoms with E-state index in [9.17, 15) is 4.79 Å². The Balaban J connectivity index is 2.47. The Labute approximate surface area is 58.9 Å². The molecule has 0 amide bonds. The molecular formula is C6H9N3O. The van der Waals surface area contributed by atoms with E-state index in [1.54, 1.807) is 0 Å². The summed E-state index contributed by atoms with van der Waals surface area (Å²) in [5.41, 5.74) is 8.02. The third-order valence-electron chi connectivity index (χ3n) is 1.59. The van der Waals surface area contributed by atoms with Crippen molar-refractivity contribution in [3.8, 4) is 0 Å². The van der Waals surface area contributed by atoms with Crippen molar-refractivity contribution in [2.75, 3.05) is 6.54 Å². The van der Waals surface area contributed by atoms with Crippen LogP contribution in [0.2, 0.25) is 0 Å². The van der Waals surface area contributed by atoms with E-state index in [1.165, 1.54) is 0 Å². The molecule has 1 aliphatic heterocycles. The normalized spacial score (nSPS) is 23.8. The fourth-order valence-electron chi connectivity index (χ4n) is 1.07. The first-order chi connectivity index (χ1) is 4.84. The molecule has 1 rings (SSSR count). The van der Waals surface area contributed by atoms with Crippen LogP contribution in [0, 0.1) is 0 Å². The smallest absolute Gasteiger partial charge is 0.324 e. The highest BCUT2D eigenvalue weighted by atomic mass is 16.1. The van der Waals surface area contributed by atoms with E-state index in [1.807, 2.05) is 0 Å². The van der Waals surface area contributed by atoms with Crippen molar-refractivity contribution in [3.63, 3.8) is 0 Å². The number of hydrogen-bond acceptors (Lipinski definition) is 2. The van der Waals surface area contributed by atoms with E-state index in [0.717, 1.165) is 25.6 Å². The number of rotatable bonds is 2. The Morgan fingerprint density at radius 1 is 1.80 bits per heavy atom. The summed E-state index contributed by atoms with van der Waals surface area (Å²) in [6.45, 7) is 0.885. The maximum atomic E-state index is 10.9. The van der Waals surface area contributed by atoms with Gasteiger partial charge < -0.3 is 10.8 Å². The maximum absolute atomic E-state index is 10.9. The van der Waals surface area contributed by atoms with Crippen molar-refractivity contribution >= 4 is 12.0 Å². The first-order valence-corrected chi connectivity index (χ1v) is 3.29. The molecule has 4 heteroatoms. The zero-order valence-corrected chi connectivity index (χ0v) is 5.58. The minimum Gasteiger partial charge on any atom is -0.361 e. The van der Waals surface area contributed by atoms with E-state index in [-0.39, 0.29) is 11.8 Å². The van der Waals surface area contributed by atoms with Gasteiger partial charge in [0.1, 0.15) is 0 Å². The first-order valence-electron chi connectivity index (χ1n) is 3.29. The Morgan fingerprint density at radius 2 is 2.60 bits per heavy atom. The standard InChI is InChI=1S/C6H9N3O/c7-9-4-6(10)5-2-1-3-8-5/h4-5,8H,1-3H2. The molecule has 0 spiro atoms. The summed E-state index contributed by atoms with van der Waals surface area (Å²) in [7, 11) is 0. The van der Waals surface area contributed by atoms with Crippen molar-refractivity contribution in [3.05, 3.63) is 5.53 Å². The largest absolute Gasteiger partial charge is 0.361 e. The summed E-state index contributed by atoms with van der Waals surface area (Å²) in [4.78, 5) is 13.5. The minimum absolute atomic E-state index is 0.115. The molecule has 1 aliphatic rings. The minimum atomic E-state index is -0.139. The molecule has 1 N–H and O–H groups in total. The number of hydrogen-bond donors (Lipinski definition) is 1. The summed E-state index contributed by atoms with van der Waals surface area (Å²) in [5, 5.41) is 2.99. The average molecular weight is 139 g/mol. The fraction of sp³-hybridized carbons (Fsp3) is 0.667. The second-order valence-electron chi connectivity index (χ2n) is 2.30. The Morgan fingerprint density at radius 3 is 3.10 bits per heavy atom. The zero-order chi connectivity index (χ0) is 7.40. The number of carbonyl (C=O) groups is 1. The van der Waals surface area contributed by atoms with Gasteiger partial charge in [-0.3, -0.25) is 4.79 Å². The van der Waals surface area contributed by atoms with Gasteiger partial charge in [-0.15, -0.1) is 0 Å². The fourth-order valence-corrected chi connectivity index (χ4v) is 1.07. The average Bonchev–Trinajstić information content (AvgIpc) is 2.38. The van der Waals surface area contributed by atoms with E-state index < -0.39 is 0 Å². The Hall–Kier alpha value is -0.990. The molecule has 0 aromatic heterocycles. The van der Waals surface area contributed by atoms with Crippen molar-refractivity contribution in [1.82, 2.24) is 5.32 Å². The molecule has 0 aromatic rings. The summed E-state index contributed by atoms with van der Waals surface area (Å²) in [5.74, 6) is -0.139. The lowest BCUT2D eigenvalue weighted by molar-refractivity contribution is -0.117. The van der Waals surface area contributed by atoms with Crippen LogP contribution in [0.3, 0.4) is 0 Å². The van der Waals surface area contributed by atoms with Crippen LogP contribution in [0.1, 0.15) is 12.8 Å². The molecule has 1 saturated heterocycles. The summed E-state index contributed by atoms with van der Waals surface area (Å²) in [6, 6.07) is -0.115. The van der Waals surface area contributed by atoms with Gasteiger partial charge >= 0.3 is 6.21 Å². The number of nitrogens with zero attached hydrogens (tertiary/aromatic N) is 2. The second-order valence-corrected chi connectivity index (χ2v) is 2.30. The van der Waals surface area contributed by atoms with E-state index in [0.29, 0.717) is 0 Å². The summed E-state index contributed by atoms with van der Waals surface area (Å²) in [6.07, 6.45) is 2.82. The van der Waals surface area contributed by atoms with Gasteiger partial charge in [0.15, 0.2) is 0 Å². The van der Waals surface area contributed by atoms with Crippen molar-refractivity contribution in [1.29, 1.82) is 0 Å². The third-order valence-corrected chi connectivity index (χ3v) is 1.59. The van der Waals surface area contributed by atoms with Crippen molar-refractivity contribution in [2.24, 2.45) is 0 Å². The van der Waals surface area contributed by atoms with Crippen LogP contribution < -0.4 is 5.32 Å². The quantitative estimate of drug-likeness (QED) is 0.321. The van der Waals surface area contributed by atoms with Gasteiger partial charge in [-0.25, -0.2) is 0 Å². The van der Waals surface area contributed by atoms with Crippen LogP contribution in [-0.2, 0) is 4.79 Å². The number of ketones is 1. The number of carbonyl (C=O) groups excluding carboxylic acids is 1. The molecule has 10 heavy (non-hydrogen) atoms. The maximum Gasteiger partial charge on any atom is 0.324 e. The SMILES string of the molecule is [N-]=[N+]=CC(=O)C1CCCN1. The van der Waals surface area contributed by atoms with Gasteiger partial charge in [0.25, 0.3) is 5.78 Å². The van der Waals surface area contributed by atoms with Gasteiger partial charge in [-0.05, 0) is 19.4 Å². The summed E-state index contributed by atoms with van der Waals surface area (Å²) < 4.78 is 0. The van der Waals surface area contributed by atoms with E-state index in [4.69, 9.17) is 5.53 Å². The lowest BCUT2D eigenvalue weighted by atomic mass is 10.1. The highest BCUT2D eigenvalue weighted by Gasteiger charge is 2.22. The highest BCUT2D eigenvalue weighted by molar-refractivity contribution is 6.27. The molecule has 0 aliphatic carbocycles. The molecule has 4 nitrogen and oxygen atoms in total. The van der Waals surface area contributed by atoms with Crippen LogP contribution in [-0.4, -0.2) is 29.4 Å². The monoisotopic (exact) mass is 139 g/mol. The van der Waals surface area contributed by atoms with Crippen LogP contribution in [0.25, 0.3) is 5.53 Å². The molecule has 54 valence electrons. The third kappa shape index (κ3) is 1.50. The molecule has 1 atom stereocenters.